The maximum Gasteiger partial charge on any atom is 0.258 e. The van der Waals surface area contributed by atoms with Crippen molar-refractivity contribution in [2.24, 2.45) is 5.92 Å². The molecule has 1 N–H and O–H groups in total. The Bertz CT molecular complexity index is 938. The highest BCUT2D eigenvalue weighted by Crippen LogP contribution is 2.40. The molecule has 6 nitrogen and oxygen atoms in total. The van der Waals surface area contributed by atoms with Crippen molar-refractivity contribution in [2.45, 2.75) is 44.2 Å². The standard InChI is InChI=1S/C22H28N2O4/c1-28-13-12-24-15-19(17-7-2-3-8-18(17)20(24)25)21(26)23-11-10-22(27)9-5-4-6-16(22)14-23/h2-3,7-8,15-16,27H,4-6,9-14H2,1H3. The lowest BCUT2D eigenvalue weighted by atomic mass is 9.71. The zero-order valence-electron chi connectivity index (χ0n) is 16.4. The number of pyridine rings is 1. The number of methoxy groups -OCH3 is 1. The van der Waals surface area contributed by atoms with Gasteiger partial charge in [-0.3, -0.25) is 9.59 Å². The molecule has 28 heavy (non-hydrogen) atoms. The molecule has 1 aliphatic carbocycles. The van der Waals surface area contributed by atoms with Crippen LogP contribution in [0.25, 0.3) is 10.8 Å². The maximum atomic E-state index is 13.4. The number of ether oxygens (including phenoxy) is 1. The van der Waals surface area contributed by atoms with E-state index in [0.717, 1.165) is 25.7 Å². The molecule has 1 aliphatic heterocycles. The van der Waals surface area contributed by atoms with Gasteiger partial charge in [0.25, 0.3) is 11.5 Å². The number of fused-ring (bicyclic) bond motifs is 2. The Morgan fingerprint density at radius 1 is 1.25 bits per heavy atom. The number of rotatable bonds is 4. The van der Waals surface area contributed by atoms with E-state index in [1.807, 2.05) is 23.1 Å². The summed E-state index contributed by atoms with van der Waals surface area (Å²) >= 11 is 0. The minimum Gasteiger partial charge on any atom is -0.389 e. The van der Waals surface area contributed by atoms with Gasteiger partial charge in [0.2, 0.25) is 0 Å². The Morgan fingerprint density at radius 3 is 2.82 bits per heavy atom. The number of hydrogen-bond donors (Lipinski definition) is 1. The van der Waals surface area contributed by atoms with Crippen molar-refractivity contribution >= 4 is 16.7 Å². The minimum absolute atomic E-state index is 0.0602. The van der Waals surface area contributed by atoms with Gasteiger partial charge in [-0.1, -0.05) is 31.0 Å². The van der Waals surface area contributed by atoms with E-state index in [0.29, 0.717) is 49.0 Å². The van der Waals surface area contributed by atoms with Crippen molar-refractivity contribution in [2.75, 3.05) is 26.8 Å². The van der Waals surface area contributed by atoms with Crippen molar-refractivity contribution in [1.29, 1.82) is 0 Å². The van der Waals surface area contributed by atoms with E-state index in [2.05, 4.69) is 0 Å². The highest BCUT2D eigenvalue weighted by atomic mass is 16.5. The first-order chi connectivity index (χ1) is 13.5. The van der Waals surface area contributed by atoms with E-state index in [1.165, 1.54) is 0 Å². The van der Waals surface area contributed by atoms with Crippen LogP contribution in [0.3, 0.4) is 0 Å². The molecule has 2 aliphatic rings. The van der Waals surface area contributed by atoms with Crippen LogP contribution in [-0.4, -0.2) is 52.9 Å². The van der Waals surface area contributed by atoms with Crippen LogP contribution in [-0.2, 0) is 11.3 Å². The first-order valence-corrected chi connectivity index (χ1v) is 10.2. The zero-order chi connectivity index (χ0) is 19.7. The lowest BCUT2D eigenvalue weighted by molar-refractivity contribution is -0.0886. The molecule has 1 saturated heterocycles. The van der Waals surface area contributed by atoms with Crippen LogP contribution in [0.15, 0.2) is 35.3 Å². The van der Waals surface area contributed by atoms with Gasteiger partial charge in [0.05, 0.1) is 17.8 Å². The zero-order valence-corrected chi connectivity index (χ0v) is 16.4. The van der Waals surface area contributed by atoms with Crippen LogP contribution in [0.1, 0.15) is 42.5 Å². The van der Waals surface area contributed by atoms with E-state index in [4.69, 9.17) is 4.74 Å². The fraction of sp³-hybridized carbons (Fsp3) is 0.545. The maximum absolute atomic E-state index is 13.4. The second-order valence-electron chi connectivity index (χ2n) is 8.13. The summed E-state index contributed by atoms with van der Waals surface area (Å²) in [6.45, 7) is 1.95. The van der Waals surface area contributed by atoms with Gasteiger partial charge in [-0.15, -0.1) is 0 Å². The fourth-order valence-corrected chi connectivity index (χ4v) is 4.80. The average molecular weight is 384 g/mol. The topological polar surface area (TPSA) is 71.8 Å². The van der Waals surface area contributed by atoms with Crippen molar-refractivity contribution in [1.82, 2.24) is 9.47 Å². The third-order valence-corrected chi connectivity index (χ3v) is 6.47. The van der Waals surface area contributed by atoms with Gasteiger partial charge in [-0.25, -0.2) is 0 Å². The molecule has 0 radical (unpaired) electrons. The number of aromatic nitrogens is 1. The molecule has 2 atom stereocenters. The van der Waals surface area contributed by atoms with Gasteiger partial charge >= 0.3 is 0 Å². The molecular formula is C22H28N2O4. The molecule has 1 aromatic heterocycles. The molecule has 6 heteroatoms. The number of amides is 1. The van der Waals surface area contributed by atoms with Crippen LogP contribution in [0.2, 0.25) is 0 Å². The molecule has 4 rings (SSSR count). The van der Waals surface area contributed by atoms with Crippen LogP contribution < -0.4 is 5.56 Å². The summed E-state index contributed by atoms with van der Waals surface area (Å²) in [5, 5.41) is 12.2. The molecule has 150 valence electrons. The van der Waals surface area contributed by atoms with E-state index < -0.39 is 5.60 Å². The second kappa shape index (κ2) is 7.68. The Labute approximate surface area is 164 Å². The number of benzene rings is 1. The van der Waals surface area contributed by atoms with Crippen molar-refractivity contribution in [3.05, 3.63) is 46.4 Å². The number of likely N-dealkylation sites (tertiary alicyclic amines) is 1. The Kier molecular flexibility index (Phi) is 5.25. The summed E-state index contributed by atoms with van der Waals surface area (Å²) in [6.07, 6.45) is 6.28. The van der Waals surface area contributed by atoms with E-state index in [-0.39, 0.29) is 17.4 Å². The van der Waals surface area contributed by atoms with E-state index in [1.54, 1.807) is 23.9 Å². The fourth-order valence-electron chi connectivity index (χ4n) is 4.80. The summed E-state index contributed by atoms with van der Waals surface area (Å²) in [5.74, 6) is 0.0830. The third kappa shape index (κ3) is 3.35. The average Bonchev–Trinajstić information content (AvgIpc) is 2.72. The van der Waals surface area contributed by atoms with Gasteiger partial charge in [0, 0.05) is 49.6 Å². The molecule has 2 unspecified atom stereocenters. The Balaban J connectivity index is 1.69. The van der Waals surface area contributed by atoms with Gasteiger partial charge in [-0.2, -0.15) is 0 Å². The predicted octanol–water partition coefficient (Wildman–Crippen LogP) is 2.42. The van der Waals surface area contributed by atoms with Crippen LogP contribution >= 0.6 is 0 Å². The highest BCUT2D eigenvalue weighted by molar-refractivity contribution is 6.06. The Morgan fingerprint density at radius 2 is 2.04 bits per heavy atom. The molecular weight excluding hydrogens is 356 g/mol. The van der Waals surface area contributed by atoms with Crippen LogP contribution in [0, 0.1) is 5.92 Å². The molecule has 0 spiro atoms. The quantitative estimate of drug-likeness (QED) is 0.879. The van der Waals surface area contributed by atoms with Crippen molar-refractivity contribution < 1.29 is 14.6 Å². The van der Waals surface area contributed by atoms with Gasteiger partial charge < -0.3 is 19.3 Å². The Hall–Kier alpha value is -2.18. The largest absolute Gasteiger partial charge is 0.389 e. The number of carbonyl (C=O) groups is 1. The summed E-state index contributed by atoms with van der Waals surface area (Å²) in [6, 6.07) is 7.29. The van der Waals surface area contributed by atoms with Crippen LogP contribution in [0.4, 0.5) is 0 Å². The smallest absolute Gasteiger partial charge is 0.258 e. The van der Waals surface area contributed by atoms with Crippen LogP contribution in [0.5, 0.6) is 0 Å². The molecule has 2 heterocycles. The monoisotopic (exact) mass is 384 g/mol. The molecule has 1 amide bonds. The lowest BCUT2D eigenvalue weighted by Gasteiger charge is -2.47. The van der Waals surface area contributed by atoms with E-state index in [9.17, 15) is 14.7 Å². The summed E-state index contributed by atoms with van der Waals surface area (Å²) < 4.78 is 6.69. The van der Waals surface area contributed by atoms with Gasteiger partial charge in [0.15, 0.2) is 0 Å². The van der Waals surface area contributed by atoms with Crippen molar-refractivity contribution in [3.63, 3.8) is 0 Å². The number of aliphatic hydroxyl groups is 1. The molecule has 2 fully saturated rings. The van der Waals surface area contributed by atoms with Crippen molar-refractivity contribution in [3.8, 4) is 0 Å². The number of piperidine rings is 1. The first-order valence-electron chi connectivity index (χ1n) is 10.2. The summed E-state index contributed by atoms with van der Waals surface area (Å²) in [7, 11) is 1.59. The second-order valence-corrected chi connectivity index (χ2v) is 8.13. The van der Waals surface area contributed by atoms with Gasteiger partial charge in [0.1, 0.15) is 0 Å². The SMILES string of the molecule is COCCn1cc(C(=O)N2CCC3(O)CCCCC3C2)c2ccccc2c1=O. The van der Waals surface area contributed by atoms with Gasteiger partial charge in [-0.05, 0) is 25.3 Å². The summed E-state index contributed by atoms with van der Waals surface area (Å²) in [5.41, 5.74) is -0.175. The molecule has 2 aromatic rings. The number of carbonyl (C=O) groups excluding carboxylic acids is 1. The number of nitrogens with zero attached hydrogens (tertiary/aromatic N) is 2. The summed E-state index contributed by atoms with van der Waals surface area (Å²) in [4.78, 5) is 28.1. The minimum atomic E-state index is -0.617. The molecule has 1 aromatic carbocycles. The highest BCUT2D eigenvalue weighted by Gasteiger charge is 2.44. The molecule has 0 bridgehead atoms. The lowest BCUT2D eigenvalue weighted by Crippen LogP contribution is -2.54. The predicted molar refractivity (Wildman–Crippen MR) is 108 cm³/mol. The third-order valence-electron chi connectivity index (χ3n) is 6.47. The number of hydrogen-bond acceptors (Lipinski definition) is 4. The molecule has 1 saturated carbocycles. The van der Waals surface area contributed by atoms with E-state index >= 15 is 0 Å². The normalized spacial score (nSPS) is 24.9. The first kappa shape index (κ1) is 19.2.